The van der Waals surface area contributed by atoms with Crippen LogP contribution in [0.2, 0.25) is 0 Å². The van der Waals surface area contributed by atoms with E-state index < -0.39 is 0 Å². The fraction of sp³-hybridized carbons (Fsp3) is 0.792. The molecule has 7 atom stereocenters. The molecule has 4 saturated carbocycles. The van der Waals surface area contributed by atoms with Crippen molar-refractivity contribution >= 4 is 0 Å². The average Bonchev–Trinajstić information content (AvgIpc) is 2.99. The van der Waals surface area contributed by atoms with E-state index in [2.05, 4.69) is 32.0 Å². The third-order valence-electron chi connectivity index (χ3n) is 9.63. The summed E-state index contributed by atoms with van der Waals surface area (Å²) in [4.78, 5) is 4.78. The van der Waals surface area contributed by atoms with Crippen LogP contribution >= 0.6 is 0 Å². The largest absolute Gasteiger partial charge is 0.261 e. The van der Waals surface area contributed by atoms with Gasteiger partial charge in [0.05, 0.1) is 0 Å². The van der Waals surface area contributed by atoms with Crippen LogP contribution in [-0.4, -0.2) is 4.98 Å². The Hall–Kier alpha value is -0.850. The molecule has 136 valence electrons. The zero-order valence-electron chi connectivity index (χ0n) is 16.2. The molecule has 25 heavy (non-hydrogen) atoms. The van der Waals surface area contributed by atoms with Crippen molar-refractivity contribution in [3.8, 4) is 0 Å². The Morgan fingerprint density at radius 2 is 1.72 bits per heavy atom. The maximum Gasteiger partial charge on any atom is 0.0440 e. The molecule has 4 aliphatic rings. The van der Waals surface area contributed by atoms with Gasteiger partial charge in [-0.1, -0.05) is 32.8 Å². The first-order chi connectivity index (χ1) is 12.1. The summed E-state index contributed by atoms with van der Waals surface area (Å²) in [6, 6.07) is 6.56. The molecule has 0 aliphatic heterocycles. The van der Waals surface area contributed by atoms with Crippen LogP contribution in [0.15, 0.2) is 24.4 Å². The zero-order chi connectivity index (χ0) is 17.1. The standard InChI is InChI=1S/C24H35N/c1-23-14-5-3-7-17(23)9-10-18-19-11-12-21(22-8-4-6-16-25-22)24(19,2)15-13-20(18)23/h4,6,8,16-21H,3,5,7,9-15H2,1-2H3/t17-,18+,19+,20+,21-,23+,24+/m1/s1. The lowest BCUT2D eigenvalue weighted by Crippen LogP contribution is -2.52. The molecule has 4 fully saturated rings. The molecule has 1 heterocycles. The van der Waals surface area contributed by atoms with Crippen molar-refractivity contribution < 1.29 is 0 Å². The number of nitrogens with zero attached hydrogens (tertiary/aromatic N) is 1. The topological polar surface area (TPSA) is 12.9 Å². The Morgan fingerprint density at radius 1 is 0.840 bits per heavy atom. The normalized spacial score (nSPS) is 49.1. The summed E-state index contributed by atoms with van der Waals surface area (Å²) < 4.78 is 0. The quantitative estimate of drug-likeness (QED) is 0.562. The van der Waals surface area contributed by atoms with E-state index in [1.165, 1.54) is 69.9 Å². The SMILES string of the molecule is C[C@]12CCCC[C@@H]1CC[C@@H]1[C@@H]2CC[C@]2(C)[C@@H](c3ccccn3)CC[C@@H]12. The molecular weight excluding hydrogens is 302 g/mol. The van der Waals surface area contributed by atoms with Crippen molar-refractivity contribution in [1.29, 1.82) is 0 Å². The van der Waals surface area contributed by atoms with E-state index in [-0.39, 0.29) is 0 Å². The van der Waals surface area contributed by atoms with Gasteiger partial charge in [-0.2, -0.15) is 0 Å². The summed E-state index contributed by atoms with van der Waals surface area (Å²) in [5, 5.41) is 0. The van der Waals surface area contributed by atoms with E-state index in [1.54, 1.807) is 0 Å². The minimum atomic E-state index is 0.507. The van der Waals surface area contributed by atoms with Crippen molar-refractivity contribution in [3.05, 3.63) is 30.1 Å². The maximum atomic E-state index is 4.78. The number of aromatic nitrogens is 1. The molecule has 1 heteroatoms. The first-order valence-corrected chi connectivity index (χ1v) is 11.0. The van der Waals surface area contributed by atoms with E-state index in [0.717, 1.165) is 23.7 Å². The number of pyridine rings is 1. The highest BCUT2D eigenvalue weighted by Crippen LogP contribution is 2.68. The van der Waals surface area contributed by atoms with Crippen LogP contribution < -0.4 is 0 Å². The molecule has 0 amide bonds. The van der Waals surface area contributed by atoms with Gasteiger partial charge in [-0.05, 0) is 98.0 Å². The smallest absolute Gasteiger partial charge is 0.0440 e. The van der Waals surface area contributed by atoms with Gasteiger partial charge in [0.1, 0.15) is 0 Å². The molecule has 0 bridgehead atoms. The highest BCUT2D eigenvalue weighted by Gasteiger charge is 2.59. The van der Waals surface area contributed by atoms with Crippen molar-refractivity contribution in [2.45, 2.75) is 84.0 Å². The Morgan fingerprint density at radius 3 is 2.56 bits per heavy atom. The zero-order valence-corrected chi connectivity index (χ0v) is 16.2. The summed E-state index contributed by atoms with van der Waals surface area (Å²) >= 11 is 0. The Balaban J connectivity index is 1.45. The molecule has 1 aromatic heterocycles. The van der Waals surface area contributed by atoms with Crippen LogP contribution in [0.1, 0.15) is 89.7 Å². The third-order valence-corrected chi connectivity index (χ3v) is 9.63. The highest BCUT2D eigenvalue weighted by atomic mass is 14.7. The van der Waals surface area contributed by atoms with Crippen LogP contribution in [-0.2, 0) is 0 Å². The average molecular weight is 338 g/mol. The fourth-order valence-electron chi connectivity index (χ4n) is 8.36. The third kappa shape index (κ3) is 2.30. The monoisotopic (exact) mass is 337 g/mol. The maximum absolute atomic E-state index is 4.78. The van der Waals surface area contributed by atoms with Crippen LogP contribution in [0.5, 0.6) is 0 Å². The Labute approximate surface area is 154 Å². The molecule has 0 radical (unpaired) electrons. The Bertz CT molecular complexity index is 624. The van der Waals surface area contributed by atoms with Gasteiger partial charge in [0, 0.05) is 17.8 Å². The number of rotatable bonds is 1. The minimum absolute atomic E-state index is 0.507. The summed E-state index contributed by atoms with van der Waals surface area (Å²) in [6.45, 7) is 5.33. The van der Waals surface area contributed by atoms with E-state index in [9.17, 15) is 0 Å². The summed E-state index contributed by atoms with van der Waals surface area (Å²) in [7, 11) is 0. The second kappa shape index (κ2) is 5.83. The first-order valence-electron chi connectivity index (χ1n) is 11.0. The molecule has 0 aromatic carbocycles. The van der Waals surface area contributed by atoms with Gasteiger partial charge in [0.25, 0.3) is 0 Å². The molecule has 0 saturated heterocycles. The predicted octanol–water partition coefficient (Wildman–Crippen LogP) is 6.60. The second-order valence-corrected chi connectivity index (χ2v) is 10.3. The lowest BCUT2D eigenvalue weighted by Gasteiger charge is -2.60. The van der Waals surface area contributed by atoms with Crippen molar-refractivity contribution in [3.63, 3.8) is 0 Å². The van der Waals surface area contributed by atoms with Crippen molar-refractivity contribution in [1.82, 2.24) is 4.98 Å². The molecule has 1 nitrogen and oxygen atoms in total. The molecule has 1 aromatic rings. The molecule has 5 rings (SSSR count). The molecule has 0 unspecified atom stereocenters. The summed E-state index contributed by atoms with van der Waals surface area (Å²) in [5.74, 6) is 4.73. The van der Waals surface area contributed by atoms with Gasteiger partial charge < -0.3 is 0 Å². The summed E-state index contributed by atoms with van der Waals surface area (Å²) in [5.41, 5.74) is 2.56. The van der Waals surface area contributed by atoms with E-state index in [4.69, 9.17) is 4.98 Å². The van der Waals surface area contributed by atoms with Gasteiger partial charge in [0.2, 0.25) is 0 Å². The minimum Gasteiger partial charge on any atom is -0.261 e. The van der Waals surface area contributed by atoms with Gasteiger partial charge in [-0.3, -0.25) is 4.98 Å². The second-order valence-electron chi connectivity index (χ2n) is 10.3. The molecule has 4 aliphatic carbocycles. The van der Waals surface area contributed by atoms with Gasteiger partial charge in [-0.15, -0.1) is 0 Å². The predicted molar refractivity (Wildman–Crippen MR) is 103 cm³/mol. The highest BCUT2D eigenvalue weighted by molar-refractivity contribution is 5.20. The molecule has 0 spiro atoms. The van der Waals surface area contributed by atoms with Crippen LogP contribution in [0.4, 0.5) is 0 Å². The Kier molecular flexibility index (Phi) is 3.81. The van der Waals surface area contributed by atoms with Crippen molar-refractivity contribution in [2.24, 2.45) is 34.5 Å². The molecule has 0 N–H and O–H groups in total. The van der Waals surface area contributed by atoms with Crippen LogP contribution in [0.3, 0.4) is 0 Å². The van der Waals surface area contributed by atoms with Crippen molar-refractivity contribution in [2.75, 3.05) is 0 Å². The van der Waals surface area contributed by atoms with Gasteiger partial charge >= 0.3 is 0 Å². The van der Waals surface area contributed by atoms with Crippen LogP contribution in [0.25, 0.3) is 0 Å². The first kappa shape index (κ1) is 16.3. The van der Waals surface area contributed by atoms with E-state index >= 15 is 0 Å². The number of hydrogen-bond acceptors (Lipinski definition) is 1. The van der Waals surface area contributed by atoms with E-state index in [1.807, 2.05) is 6.20 Å². The van der Waals surface area contributed by atoms with Gasteiger partial charge in [0.15, 0.2) is 0 Å². The van der Waals surface area contributed by atoms with Gasteiger partial charge in [-0.25, -0.2) is 0 Å². The van der Waals surface area contributed by atoms with E-state index in [0.29, 0.717) is 16.7 Å². The lowest BCUT2D eigenvalue weighted by atomic mass is 9.45. The summed E-state index contributed by atoms with van der Waals surface area (Å²) in [6.07, 6.45) is 16.9. The lowest BCUT2D eigenvalue weighted by molar-refractivity contribution is -0.106. The van der Waals surface area contributed by atoms with Crippen LogP contribution in [0, 0.1) is 34.5 Å². The number of fused-ring (bicyclic) bond motifs is 5. The fourth-order valence-corrected chi connectivity index (χ4v) is 8.36. The molecular formula is C24H35N. The number of hydrogen-bond donors (Lipinski definition) is 0.